The second-order valence-electron chi connectivity index (χ2n) is 4.71. The molecule has 0 bridgehead atoms. The van der Waals surface area contributed by atoms with Gasteiger partial charge in [-0.2, -0.15) is 0 Å². The van der Waals surface area contributed by atoms with Gasteiger partial charge in [0.1, 0.15) is 5.82 Å². The second-order valence-corrected chi connectivity index (χ2v) is 4.71. The molecule has 3 nitrogen and oxygen atoms in total. The molecule has 0 saturated carbocycles. The third kappa shape index (κ3) is 5.02. The van der Waals surface area contributed by atoms with E-state index in [-0.39, 0.29) is 24.0 Å². The van der Waals surface area contributed by atoms with E-state index in [0.29, 0.717) is 12.3 Å². The van der Waals surface area contributed by atoms with E-state index in [4.69, 9.17) is 5.73 Å². The molecule has 0 spiro atoms. The molecule has 1 atom stereocenters. The molecule has 1 aromatic carbocycles. The van der Waals surface area contributed by atoms with Gasteiger partial charge in [0.25, 0.3) is 0 Å². The van der Waals surface area contributed by atoms with Crippen LogP contribution in [0.3, 0.4) is 0 Å². The molecule has 1 rings (SSSR count). The molecule has 0 aliphatic carbocycles. The molecule has 5 heteroatoms. The third-order valence-electron chi connectivity index (χ3n) is 2.44. The summed E-state index contributed by atoms with van der Waals surface area (Å²) in [5, 5.41) is 2.50. The first-order valence-corrected chi connectivity index (χ1v) is 5.72. The summed E-state index contributed by atoms with van der Waals surface area (Å²) in [6, 6.07) is 4.07. The number of aryl methyl sites for hydroxylation is 1. The molecular weight excluding hydrogens is 255 g/mol. The van der Waals surface area contributed by atoms with Gasteiger partial charge in [0.2, 0.25) is 5.91 Å². The van der Waals surface area contributed by atoms with E-state index in [9.17, 15) is 9.18 Å². The molecule has 0 aliphatic rings. The van der Waals surface area contributed by atoms with Gasteiger partial charge in [-0.15, -0.1) is 12.4 Å². The minimum absolute atomic E-state index is 0. The van der Waals surface area contributed by atoms with Crippen molar-refractivity contribution in [1.82, 2.24) is 0 Å². The third-order valence-corrected chi connectivity index (χ3v) is 2.44. The number of carbonyl (C=O) groups excluding carboxylic acids is 1. The van der Waals surface area contributed by atoms with Crippen molar-refractivity contribution in [2.75, 3.05) is 5.32 Å². The summed E-state index contributed by atoms with van der Waals surface area (Å²) in [5.41, 5.74) is 6.70. The molecule has 0 heterocycles. The van der Waals surface area contributed by atoms with E-state index < -0.39 is 11.9 Å². The highest BCUT2D eigenvalue weighted by molar-refractivity contribution is 5.94. The van der Waals surface area contributed by atoms with Gasteiger partial charge in [0, 0.05) is 0 Å². The molecule has 0 aromatic heterocycles. The number of carbonyl (C=O) groups is 1. The lowest BCUT2D eigenvalue weighted by Gasteiger charge is -2.14. The Morgan fingerprint density at radius 3 is 2.56 bits per heavy atom. The number of anilines is 1. The van der Waals surface area contributed by atoms with Crippen LogP contribution in [0, 0.1) is 18.7 Å². The Labute approximate surface area is 113 Å². The van der Waals surface area contributed by atoms with E-state index in [0.717, 1.165) is 5.56 Å². The molecule has 0 unspecified atom stereocenters. The van der Waals surface area contributed by atoms with Gasteiger partial charge in [-0.25, -0.2) is 4.39 Å². The van der Waals surface area contributed by atoms with Crippen molar-refractivity contribution in [1.29, 1.82) is 0 Å². The van der Waals surface area contributed by atoms with Crippen LogP contribution in [0.5, 0.6) is 0 Å². The first-order valence-electron chi connectivity index (χ1n) is 5.72. The summed E-state index contributed by atoms with van der Waals surface area (Å²) in [6.07, 6.45) is 0.583. The smallest absolute Gasteiger partial charge is 0.241 e. The van der Waals surface area contributed by atoms with Crippen LogP contribution in [-0.2, 0) is 4.79 Å². The van der Waals surface area contributed by atoms with Crippen molar-refractivity contribution < 1.29 is 9.18 Å². The summed E-state index contributed by atoms with van der Waals surface area (Å²) in [4.78, 5) is 11.7. The standard InChI is InChI=1S/C13H19FN2O.ClH/c1-8(2)6-11(15)13(17)16-12-5-4-9(3)7-10(12)14;/h4-5,7-8,11H,6,15H2,1-3H3,(H,16,17);1H/t11-;/m0./s1. The Morgan fingerprint density at radius 2 is 2.06 bits per heavy atom. The molecule has 102 valence electrons. The topological polar surface area (TPSA) is 55.1 Å². The average Bonchev–Trinajstić information content (AvgIpc) is 2.21. The minimum atomic E-state index is -0.601. The highest BCUT2D eigenvalue weighted by Crippen LogP contribution is 2.16. The average molecular weight is 275 g/mol. The Hall–Kier alpha value is -1.13. The lowest BCUT2D eigenvalue weighted by Crippen LogP contribution is -2.36. The fourth-order valence-corrected chi connectivity index (χ4v) is 1.56. The van der Waals surface area contributed by atoms with Gasteiger partial charge in [-0.05, 0) is 37.0 Å². The summed E-state index contributed by atoms with van der Waals surface area (Å²) < 4.78 is 13.5. The predicted octanol–water partition coefficient (Wildman–Crippen LogP) is 2.87. The lowest BCUT2D eigenvalue weighted by molar-refractivity contribution is -0.117. The van der Waals surface area contributed by atoms with Gasteiger partial charge in [0.05, 0.1) is 11.7 Å². The maximum atomic E-state index is 13.5. The summed E-state index contributed by atoms with van der Waals surface area (Å²) in [6.45, 7) is 5.76. The van der Waals surface area contributed by atoms with Crippen LogP contribution >= 0.6 is 12.4 Å². The zero-order valence-electron chi connectivity index (χ0n) is 10.9. The van der Waals surface area contributed by atoms with Crippen molar-refractivity contribution in [2.24, 2.45) is 11.7 Å². The van der Waals surface area contributed by atoms with Gasteiger partial charge < -0.3 is 11.1 Å². The second kappa shape index (κ2) is 7.34. The largest absolute Gasteiger partial charge is 0.322 e. The summed E-state index contributed by atoms with van der Waals surface area (Å²) >= 11 is 0. The van der Waals surface area contributed by atoms with Crippen molar-refractivity contribution in [3.05, 3.63) is 29.6 Å². The van der Waals surface area contributed by atoms with Crippen LogP contribution in [-0.4, -0.2) is 11.9 Å². The monoisotopic (exact) mass is 274 g/mol. The van der Waals surface area contributed by atoms with Crippen LogP contribution in [0.15, 0.2) is 18.2 Å². The van der Waals surface area contributed by atoms with E-state index in [1.54, 1.807) is 19.1 Å². The number of nitrogens with two attached hydrogens (primary N) is 1. The summed E-state index contributed by atoms with van der Waals surface area (Å²) in [5.74, 6) is -0.449. The lowest BCUT2D eigenvalue weighted by atomic mass is 10.0. The number of benzene rings is 1. The van der Waals surface area contributed by atoms with Gasteiger partial charge >= 0.3 is 0 Å². The molecule has 3 N–H and O–H groups in total. The van der Waals surface area contributed by atoms with Gasteiger partial charge in [-0.1, -0.05) is 19.9 Å². The normalized spacial score (nSPS) is 11.9. The molecule has 1 aromatic rings. The van der Waals surface area contributed by atoms with E-state index >= 15 is 0 Å². The first-order chi connectivity index (χ1) is 7.90. The Morgan fingerprint density at radius 1 is 1.44 bits per heavy atom. The van der Waals surface area contributed by atoms with Crippen LogP contribution in [0.2, 0.25) is 0 Å². The number of nitrogens with one attached hydrogen (secondary N) is 1. The van der Waals surface area contributed by atoms with Crippen LogP contribution in [0.1, 0.15) is 25.8 Å². The Bertz CT molecular complexity index is 410. The highest BCUT2D eigenvalue weighted by Gasteiger charge is 2.16. The first kappa shape index (κ1) is 16.9. The van der Waals surface area contributed by atoms with Crippen LogP contribution in [0.4, 0.5) is 10.1 Å². The van der Waals surface area contributed by atoms with Crippen LogP contribution in [0.25, 0.3) is 0 Å². The zero-order valence-corrected chi connectivity index (χ0v) is 11.7. The molecule has 0 radical (unpaired) electrons. The van der Waals surface area contributed by atoms with Crippen molar-refractivity contribution in [3.8, 4) is 0 Å². The number of hydrogen-bond donors (Lipinski definition) is 2. The Kier molecular flexibility index (Phi) is 6.88. The fourth-order valence-electron chi connectivity index (χ4n) is 1.56. The van der Waals surface area contributed by atoms with E-state index in [1.165, 1.54) is 6.07 Å². The molecular formula is C13H20ClFN2O. The minimum Gasteiger partial charge on any atom is -0.322 e. The van der Waals surface area contributed by atoms with E-state index in [2.05, 4.69) is 5.32 Å². The van der Waals surface area contributed by atoms with Crippen molar-refractivity contribution >= 4 is 24.0 Å². The maximum Gasteiger partial charge on any atom is 0.241 e. The fraction of sp³-hybridized carbons (Fsp3) is 0.462. The molecule has 1 amide bonds. The number of hydrogen-bond acceptors (Lipinski definition) is 2. The molecule has 18 heavy (non-hydrogen) atoms. The van der Waals surface area contributed by atoms with Gasteiger partial charge in [-0.3, -0.25) is 4.79 Å². The van der Waals surface area contributed by atoms with Crippen molar-refractivity contribution in [3.63, 3.8) is 0 Å². The molecule has 0 aliphatic heterocycles. The quantitative estimate of drug-likeness (QED) is 0.887. The number of amides is 1. The van der Waals surface area contributed by atoms with Crippen molar-refractivity contribution in [2.45, 2.75) is 33.2 Å². The number of halogens is 2. The maximum absolute atomic E-state index is 13.5. The highest BCUT2D eigenvalue weighted by atomic mass is 35.5. The van der Waals surface area contributed by atoms with Crippen LogP contribution < -0.4 is 11.1 Å². The zero-order chi connectivity index (χ0) is 13.0. The van der Waals surface area contributed by atoms with E-state index in [1.807, 2.05) is 13.8 Å². The molecule has 0 fully saturated rings. The predicted molar refractivity (Wildman–Crippen MR) is 74.4 cm³/mol. The number of rotatable bonds is 4. The Balaban J connectivity index is 0.00000289. The van der Waals surface area contributed by atoms with Gasteiger partial charge in [0.15, 0.2) is 0 Å². The molecule has 0 saturated heterocycles. The summed E-state index contributed by atoms with van der Waals surface area (Å²) in [7, 11) is 0. The SMILES string of the molecule is Cc1ccc(NC(=O)[C@@H](N)CC(C)C)c(F)c1.Cl.